The van der Waals surface area contributed by atoms with Gasteiger partial charge in [-0.2, -0.15) is 0 Å². The van der Waals surface area contributed by atoms with E-state index < -0.39 is 0 Å². The molecule has 0 bridgehead atoms. The van der Waals surface area contributed by atoms with Crippen molar-refractivity contribution in [3.63, 3.8) is 0 Å². The predicted molar refractivity (Wildman–Crippen MR) is 81.8 cm³/mol. The molecule has 1 rings (SSSR count). The molecule has 3 heteroatoms. The molecular weight excluding hydrogens is 236 g/mol. The molecule has 1 N–H and O–H groups in total. The summed E-state index contributed by atoms with van der Waals surface area (Å²) in [4.78, 5) is 2.48. The van der Waals surface area contributed by atoms with Gasteiger partial charge in [0.2, 0.25) is 0 Å². The van der Waals surface area contributed by atoms with E-state index >= 15 is 0 Å². The fourth-order valence-electron chi connectivity index (χ4n) is 2.95. The molecule has 0 amide bonds. The van der Waals surface area contributed by atoms with E-state index in [1.54, 1.807) is 7.11 Å². The Balaban J connectivity index is 3.03. The molecule has 0 saturated heterocycles. The summed E-state index contributed by atoms with van der Waals surface area (Å²) >= 11 is 0. The summed E-state index contributed by atoms with van der Waals surface area (Å²) in [6, 6.07) is 8.63. The van der Waals surface area contributed by atoms with Gasteiger partial charge in [0.25, 0.3) is 0 Å². The van der Waals surface area contributed by atoms with E-state index in [2.05, 4.69) is 50.0 Å². The molecule has 1 aromatic carbocycles. The number of hydrogen-bond acceptors (Lipinski definition) is 3. The van der Waals surface area contributed by atoms with Gasteiger partial charge in [-0.3, -0.25) is 4.90 Å². The van der Waals surface area contributed by atoms with Gasteiger partial charge in [0.15, 0.2) is 0 Å². The Morgan fingerprint density at radius 1 is 1.16 bits per heavy atom. The topological polar surface area (TPSA) is 24.5 Å². The van der Waals surface area contributed by atoms with Crippen LogP contribution in [-0.2, 0) is 0 Å². The van der Waals surface area contributed by atoms with Gasteiger partial charge >= 0.3 is 0 Å². The van der Waals surface area contributed by atoms with Gasteiger partial charge in [-0.25, -0.2) is 0 Å². The van der Waals surface area contributed by atoms with E-state index in [0.29, 0.717) is 6.04 Å². The zero-order valence-electron chi connectivity index (χ0n) is 13.2. The number of nitrogens with one attached hydrogen (secondary N) is 1. The van der Waals surface area contributed by atoms with E-state index in [9.17, 15) is 0 Å². The van der Waals surface area contributed by atoms with Crippen molar-refractivity contribution in [3.8, 4) is 5.75 Å². The van der Waals surface area contributed by atoms with Crippen molar-refractivity contribution in [3.05, 3.63) is 29.8 Å². The molecule has 0 fully saturated rings. The zero-order valence-corrected chi connectivity index (χ0v) is 13.2. The minimum absolute atomic E-state index is 0.0623. The Morgan fingerprint density at radius 2 is 1.68 bits per heavy atom. The first kappa shape index (κ1) is 16.0. The van der Waals surface area contributed by atoms with Gasteiger partial charge in [0, 0.05) is 11.6 Å². The van der Waals surface area contributed by atoms with Crippen LogP contribution in [0.1, 0.15) is 39.3 Å². The molecule has 0 aliphatic heterocycles. The van der Waals surface area contributed by atoms with E-state index in [4.69, 9.17) is 4.74 Å². The van der Waals surface area contributed by atoms with E-state index in [1.807, 2.05) is 19.2 Å². The van der Waals surface area contributed by atoms with Crippen LogP contribution in [0.25, 0.3) is 0 Å². The van der Waals surface area contributed by atoms with Crippen LogP contribution in [0.3, 0.4) is 0 Å². The third-order valence-electron chi connectivity index (χ3n) is 4.02. The summed E-state index contributed by atoms with van der Waals surface area (Å²) in [5.41, 5.74) is 1.35. The zero-order chi connectivity index (χ0) is 14.5. The lowest BCUT2D eigenvalue weighted by Gasteiger charge is -2.43. The SMILES string of the molecule is CCN(CC)C(C)(C)C(NC)c1ccc(OC)cc1. The fraction of sp³-hybridized carbons (Fsp3) is 0.625. The summed E-state index contributed by atoms with van der Waals surface area (Å²) in [5, 5.41) is 3.46. The second kappa shape index (κ2) is 6.92. The van der Waals surface area contributed by atoms with Crippen LogP contribution in [0.2, 0.25) is 0 Å². The van der Waals surface area contributed by atoms with Crippen LogP contribution >= 0.6 is 0 Å². The van der Waals surface area contributed by atoms with Gasteiger partial charge in [0.1, 0.15) is 5.75 Å². The number of rotatable bonds is 7. The molecule has 0 saturated carbocycles. The van der Waals surface area contributed by atoms with Crippen molar-refractivity contribution in [1.29, 1.82) is 0 Å². The molecule has 0 aromatic heterocycles. The molecule has 0 aliphatic rings. The third-order valence-corrected chi connectivity index (χ3v) is 4.02. The molecule has 108 valence electrons. The first-order valence-corrected chi connectivity index (χ1v) is 7.07. The first-order chi connectivity index (χ1) is 9.01. The summed E-state index contributed by atoms with van der Waals surface area (Å²) in [7, 11) is 3.73. The first-order valence-electron chi connectivity index (χ1n) is 7.07. The monoisotopic (exact) mass is 264 g/mol. The maximum absolute atomic E-state index is 5.23. The van der Waals surface area contributed by atoms with Crippen molar-refractivity contribution in [2.45, 2.75) is 39.3 Å². The summed E-state index contributed by atoms with van der Waals surface area (Å²) < 4.78 is 5.23. The van der Waals surface area contributed by atoms with Crippen molar-refractivity contribution in [2.75, 3.05) is 27.2 Å². The summed E-state index contributed by atoms with van der Waals surface area (Å²) in [6.07, 6.45) is 0. The fourth-order valence-corrected chi connectivity index (χ4v) is 2.95. The smallest absolute Gasteiger partial charge is 0.118 e. The summed E-state index contributed by atoms with van der Waals surface area (Å²) in [6.45, 7) is 11.1. The highest BCUT2D eigenvalue weighted by Gasteiger charge is 2.33. The van der Waals surface area contributed by atoms with Crippen LogP contribution in [0.4, 0.5) is 0 Å². The third kappa shape index (κ3) is 3.48. The molecule has 3 nitrogen and oxygen atoms in total. The summed E-state index contributed by atoms with van der Waals surface area (Å²) in [5.74, 6) is 0.902. The number of ether oxygens (including phenoxy) is 1. The molecule has 0 radical (unpaired) electrons. The maximum atomic E-state index is 5.23. The van der Waals surface area contributed by atoms with Crippen LogP contribution < -0.4 is 10.1 Å². The largest absolute Gasteiger partial charge is 0.497 e. The van der Waals surface area contributed by atoms with Gasteiger partial charge in [-0.15, -0.1) is 0 Å². The molecule has 1 aromatic rings. The van der Waals surface area contributed by atoms with Crippen LogP contribution in [0.5, 0.6) is 5.75 Å². The number of methoxy groups -OCH3 is 1. The molecule has 0 heterocycles. The number of benzene rings is 1. The van der Waals surface area contributed by atoms with Crippen molar-refractivity contribution in [1.82, 2.24) is 10.2 Å². The van der Waals surface area contributed by atoms with Crippen molar-refractivity contribution >= 4 is 0 Å². The van der Waals surface area contributed by atoms with Gasteiger partial charge in [-0.05, 0) is 51.7 Å². The Labute approximate surface area is 118 Å². The van der Waals surface area contributed by atoms with Crippen LogP contribution in [-0.4, -0.2) is 37.7 Å². The molecule has 1 unspecified atom stereocenters. The van der Waals surface area contributed by atoms with Gasteiger partial charge in [-0.1, -0.05) is 26.0 Å². The quantitative estimate of drug-likeness (QED) is 0.819. The standard InChI is InChI=1S/C16H28N2O/c1-7-18(8-2)16(3,4)15(17-5)13-9-11-14(19-6)12-10-13/h9-12,15,17H,7-8H2,1-6H3. The van der Waals surface area contributed by atoms with Crippen LogP contribution in [0, 0.1) is 0 Å². The van der Waals surface area contributed by atoms with Crippen LogP contribution in [0.15, 0.2) is 24.3 Å². The minimum Gasteiger partial charge on any atom is -0.497 e. The highest BCUT2D eigenvalue weighted by Crippen LogP contribution is 2.31. The van der Waals surface area contributed by atoms with E-state index in [1.165, 1.54) is 5.56 Å². The predicted octanol–water partition coefficient (Wildman–Crippen LogP) is 3.08. The highest BCUT2D eigenvalue weighted by molar-refractivity contribution is 5.30. The second-order valence-corrected chi connectivity index (χ2v) is 5.32. The lowest BCUT2D eigenvalue weighted by Crippen LogP contribution is -2.51. The molecule has 0 spiro atoms. The molecule has 1 atom stereocenters. The average Bonchev–Trinajstić information content (AvgIpc) is 2.41. The second-order valence-electron chi connectivity index (χ2n) is 5.32. The lowest BCUT2D eigenvalue weighted by molar-refractivity contribution is 0.0944. The van der Waals surface area contributed by atoms with E-state index in [-0.39, 0.29) is 5.54 Å². The molecule has 19 heavy (non-hydrogen) atoms. The number of nitrogens with zero attached hydrogens (tertiary/aromatic N) is 1. The van der Waals surface area contributed by atoms with Crippen molar-refractivity contribution < 1.29 is 4.74 Å². The van der Waals surface area contributed by atoms with Gasteiger partial charge in [0.05, 0.1) is 7.11 Å². The maximum Gasteiger partial charge on any atom is 0.118 e. The Hall–Kier alpha value is -1.06. The Morgan fingerprint density at radius 3 is 2.05 bits per heavy atom. The minimum atomic E-state index is 0.0623. The van der Waals surface area contributed by atoms with Gasteiger partial charge < -0.3 is 10.1 Å². The molecule has 0 aliphatic carbocycles. The normalized spacial score (nSPS) is 13.6. The highest BCUT2D eigenvalue weighted by atomic mass is 16.5. The molecular formula is C16H28N2O. The Kier molecular flexibility index (Phi) is 5.83. The Bertz CT molecular complexity index is 369. The van der Waals surface area contributed by atoms with E-state index in [0.717, 1.165) is 18.8 Å². The number of likely N-dealkylation sites (N-methyl/N-ethyl adjacent to an activating group) is 2. The van der Waals surface area contributed by atoms with Crippen molar-refractivity contribution in [2.24, 2.45) is 0 Å². The lowest BCUT2D eigenvalue weighted by atomic mass is 9.87. The average molecular weight is 264 g/mol. The number of hydrogen-bond donors (Lipinski definition) is 1.